The van der Waals surface area contributed by atoms with Gasteiger partial charge in [0.2, 0.25) is 0 Å². The number of para-hydroxylation sites is 1. The molecule has 0 heterocycles. The van der Waals surface area contributed by atoms with E-state index in [4.69, 9.17) is 22.7 Å². The molecule has 0 radical (unpaired) electrons. The van der Waals surface area contributed by atoms with Crippen molar-refractivity contribution >= 4 is 22.9 Å². The molecule has 100 valence electrons. The van der Waals surface area contributed by atoms with Gasteiger partial charge in [0.1, 0.15) is 4.99 Å². The Balaban J connectivity index is 2.67. The van der Waals surface area contributed by atoms with E-state index in [1.165, 1.54) is 0 Å². The number of hydrogen-bond donors (Lipinski definition) is 1. The molecule has 0 spiro atoms. The molecule has 2 N–H and O–H groups in total. The first-order valence-corrected chi connectivity index (χ1v) is 6.46. The summed E-state index contributed by atoms with van der Waals surface area (Å²) in [6, 6.07) is 7.89. The predicted molar refractivity (Wildman–Crippen MR) is 81.3 cm³/mol. The van der Waals surface area contributed by atoms with Crippen LogP contribution in [0.5, 0.6) is 0 Å². The van der Waals surface area contributed by atoms with E-state index in [-0.39, 0.29) is 5.60 Å². The maximum Gasteiger partial charge on any atom is 0.106 e. The van der Waals surface area contributed by atoms with Crippen LogP contribution in [0.1, 0.15) is 26.3 Å². The lowest BCUT2D eigenvalue weighted by Gasteiger charge is -2.25. The summed E-state index contributed by atoms with van der Waals surface area (Å²) in [5, 5.41) is 0. The Morgan fingerprint density at radius 3 is 2.50 bits per heavy atom. The summed E-state index contributed by atoms with van der Waals surface area (Å²) < 4.78 is 5.72. The lowest BCUT2D eigenvalue weighted by Crippen LogP contribution is -2.29. The number of rotatable bonds is 5. The van der Waals surface area contributed by atoms with Gasteiger partial charge in [-0.3, -0.25) is 0 Å². The lowest BCUT2D eigenvalue weighted by atomic mass is 10.1. The molecule has 0 aliphatic heterocycles. The molecule has 1 rings (SSSR count). The van der Waals surface area contributed by atoms with Gasteiger partial charge in [0.05, 0.1) is 12.2 Å². The van der Waals surface area contributed by atoms with Crippen molar-refractivity contribution < 1.29 is 4.74 Å². The van der Waals surface area contributed by atoms with E-state index in [0.29, 0.717) is 11.6 Å². The number of likely N-dealkylation sites (N-methyl/N-ethyl adjacent to an activating group) is 1. The molecule has 0 aliphatic carbocycles. The Bertz CT molecular complexity index is 413. The number of nitrogens with zero attached hydrogens (tertiary/aromatic N) is 1. The Hall–Kier alpha value is -1.13. The normalized spacial score (nSPS) is 11.3. The molecule has 0 bridgehead atoms. The van der Waals surface area contributed by atoms with E-state index >= 15 is 0 Å². The minimum atomic E-state index is -0.108. The predicted octanol–water partition coefficient (Wildman–Crippen LogP) is 2.57. The van der Waals surface area contributed by atoms with Gasteiger partial charge in [-0.15, -0.1) is 0 Å². The van der Waals surface area contributed by atoms with Crippen LogP contribution in [0.3, 0.4) is 0 Å². The maximum atomic E-state index is 5.72. The molecule has 4 heteroatoms. The van der Waals surface area contributed by atoms with Gasteiger partial charge in [-0.25, -0.2) is 0 Å². The molecule has 0 saturated carbocycles. The highest BCUT2D eigenvalue weighted by Gasteiger charge is 2.12. The van der Waals surface area contributed by atoms with Crippen molar-refractivity contribution in [3.8, 4) is 0 Å². The van der Waals surface area contributed by atoms with E-state index in [9.17, 15) is 0 Å². The SMILES string of the molecule is CN(CCOC(C)(C)C)c1ccccc1C(N)=S. The summed E-state index contributed by atoms with van der Waals surface area (Å²) in [7, 11) is 2.02. The van der Waals surface area contributed by atoms with Gasteiger partial charge in [0.25, 0.3) is 0 Å². The number of hydrogen-bond acceptors (Lipinski definition) is 3. The Morgan fingerprint density at radius 1 is 1.33 bits per heavy atom. The molecule has 1 aromatic carbocycles. The molecule has 18 heavy (non-hydrogen) atoms. The second-order valence-corrected chi connectivity index (χ2v) is 5.70. The van der Waals surface area contributed by atoms with Gasteiger partial charge in [0.15, 0.2) is 0 Å². The van der Waals surface area contributed by atoms with Crippen molar-refractivity contribution in [2.45, 2.75) is 26.4 Å². The van der Waals surface area contributed by atoms with Crippen molar-refractivity contribution in [1.29, 1.82) is 0 Å². The highest BCUT2D eigenvalue weighted by atomic mass is 32.1. The third kappa shape index (κ3) is 4.63. The Morgan fingerprint density at radius 2 is 1.94 bits per heavy atom. The van der Waals surface area contributed by atoms with Gasteiger partial charge >= 0.3 is 0 Å². The summed E-state index contributed by atoms with van der Waals surface area (Å²) in [6.07, 6.45) is 0. The number of thiocarbonyl (C=S) groups is 1. The second kappa shape index (κ2) is 6.16. The molecule has 0 saturated heterocycles. The van der Waals surface area contributed by atoms with Crippen molar-refractivity contribution in [3.63, 3.8) is 0 Å². The van der Waals surface area contributed by atoms with Crippen LogP contribution in [-0.4, -0.2) is 30.8 Å². The van der Waals surface area contributed by atoms with E-state index in [1.54, 1.807) is 0 Å². The number of anilines is 1. The van der Waals surface area contributed by atoms with E-state index in [0.717, 1.165) is 17.8 Å². The third-order valence-electron chi connectivity index (χ3n) is 2.54. The standard InChI is InChI=1S/C14H22N2OS/c1-14(2,3)17-10-9-16(4)12-8-6-5-7-11(12)13(15)18/h5-8H,9-10H2,1-4H3,(H2,15,18). The fourth-order valence-corrected chi connectivity index (χ4v) is 1.80. The number of benzene rings is 1. The number of ether oxygens (including phenoxy) is 1. The van der Waals surface area contributed by atoms with Gasteiger partial charge in [-0.05, 0) is 32.9 Å². The average molecular weight is 266 g/mol. The minimum absolute atomic E-state index is 0.108. The first-order chi connectivity index (χ1) is 8.31. The zero-order valence-corrected chi connectivity index (χ0v) is 12.4. The van der Waals surface area contributed by atoms with E-state index in [1.807, 2.05) is 31.3 Å². The Kier molecular flexibility index (Phi) is 5.11. The molecule has 0 aromatic heterocycles. The first-order valence-electron chi connectivity index (χ1n) is 6.05. The quantitative estimate of drug-likeness (QED) is 0.831. The molecule has 3 nitrogen and oxygen atoms in total. The van der Waals surface area contributed by atoms with Crippen LogP contribution < -0.4 is 10.6 Å². The van der Waals surface area contributed by atoms with Gasteiger partial charge in [-0.1, -0.05) is 24.4 Å². The highest BCUT2D eigenvalue weighted by Crippen LogP contribution is 2.19. The van der Waals surface area contributed by atoms with Gasteiger partial charge in [-0.2, -0.15) is 0 Å². The van der Waals surface area contributed by atoms with Crippen molar-refractivity contribution in [2.24, 2.45) is 5.73 Å². The fraction of sp³-hybridized carbons (Fsp3) is 0.500. The van der Waals surface area contributed by atoms with Crippen LogP contribution in [0.25, 0.3) is 0 Å². The zero-order chi connectivity index (χ0) is 13.8. The highest BCUT2D eigenvalue weighted by molar-refractivity contribution is 7.80. The molecular formula is C14H22N2OS. The van der Waals surface area contributed by atoms with Crippen LogP contribution in [0.15, 0.2) is 24.3 Å². The first kappa shape index (κ1) is 14.9. The monoisotopic (exact) mass is 266 g/mol. The number of nitrogens with two attached hydrogens (primary N) is 1. The molecule has 1 aromatic rings. The summed E-state index contributed by atoms with van der Waals surface area (Å²) >= 11 is 5.06. The van der Waals surface area contributed by atoms with Crippen molar-refractivity contribution in [3.05, 3.63) is 29.8 Å². The largest absolute Gasteiger partial charge is 0.389 e. The van der Waals surface area contributed by atoms with Crippen LogP contribution in [-0.2, 0) is 4.74 Å². The van der Waals surface area contributed by atoms with Crippen molar-refractivity contribution in [1.82, 2.24) is 0 Å². The summed E-state index contributed by atoms with van der Waals surface area (Å²) in [5.41, 5.74) is 7.57. The topological polar surface area (TPSA) is 38.5 Å². The molecule has 0 atom stereocenters. The molecular weight excluding hydrogens is 244 g/mol. The summed E-state index contributed by atoms with van der Waals surface area (Å²) in [6.45, 7) is 7.63. The third-order valence-corrected chi connectivity index (χ3v) is 2.76. The molecule has 0 amide bonds. The molecule has 0 unspecified atom stereocenters. The second-order valence-electron chi connectivity index (χ2n) is 5.26. The molecule has 0 aliphatic rings. The van der Waals surface area contributed by atoms with Gasteiger partial charge < -0.3 is 15.4 Å². The fourth-order valence-electron chi connectivity index (χ4n) is 1.62. The maximum absolute atomic E-state index is 5.72. The minimum Gasteiger partial charge on any atom is -0.389 e. The Labute approximate surface area is 115 Å². The van der Waals surface area contributed by atoms with Crippen LogP contribution in [0.2, 0.25) is 0 Å². The van der Waals surface area contributed by atoms with E-state index < -0.39 is 0 Å². The van der Waals surface area contributed by atoms with E-state index in [2.05, 4.69) is 25.7 Å². The summed E-state index contributed by atoms with van der Waals surface area (Å²) in [4.78, 5) is 2.54. The van der Waals surface area contributed by atoms with Crippen molar-refractivity contribution in [2.75, 3.05) is 25.1 Å². The molecule has 0 fully saturated rings. The summed E-state index contributed by atoms with van der Waals surface area (Å²) in [5.74, 6) is 0. The van der Waals surface area contributed by atoms with Crippen LogP contribution in [0.4, 0.5) is 5.69 Å². The smallest absolute Gasteiger partial charge is 0.106 e. The van der Waals surface area contributed by atoms with Gasteiger partial charge in [0, 0.05) is 24.8 Å². The van der Waals surface area contributed by atoms with Crippen LogP contribution >= 0.6 is 12.2 Å². The lowest BCUT2D eigenvalue weighted by molar-refractivity contribution is 0.00168. The average Bonchev–Trinajstić information content (AvgIpc) is 2.27. The zero-order valence-electron chi connectivity index (χ0n) is 11.6. The van der Waals surface area contributed by atoms with Crippen LogP contribution in [0, 0.1) is 0 Å².